The fourth-order valence-electron chi connectivity index (χ4n) is 5.04. The molecule has 0 N–H and O–H groups in total. The highest BCUT2D eigenvalue weighted by Crippen LogP contribution is 2.65. The predicted molar refractivity (Wildman–Crippen MR) is 107 cm³/mol. The summed E-state index contributed by atoms with van der Waals surface area (Å²) in [6.07, 6.45) is -4.51. The SMILES string of the molecule is C[C@]1(c2ccccc2)C2=Nc3ccccc3CN2[C@]1(c1ccccc1)C(F)(F)F. The number of halogens is 3. The predicted octanol–water partition coefficient (Wildman–Crippen LogP) is 5.96. The van der Waals surface area contributed by atoms with E-state index in [0.717, 1.165) is 11.3 Å². The van der Waals surface area contributed by atoms with Crippen LogP contribution in [0.5, 0.6) is 0 Å². The van der Waals surface area contributed by atoms with Gasteiger partial charge in [0.05, 0.1) is 11.1 Å². The fraction of sp³-hybridized carbons (Fsp3) is 0.208. The number of nitrogens with zero attached hydrogens (tertiary/aromatic N) is 2. The number of hydrogen-bond acceptors (Lipinski definition) is 2. The molecule has 29 heavy (non-hydrogen) atoms. The largest absolute Gasteiger partial charge is 0.417 e. The van der Waals surface area contributed by atoms with Crippen LogP contribution in [0.3, 0.4) is 0 Å². The quantitative estimate of drug-likeness (QED) is 0.525. The van der Waals surface area contributed by atoms with Crippen LogP contribution in [0.2, 0.25) is 0 Å². The topological polar surface area (TPSA) is 15.6 Å². The van der Waals surface area contributed by atoms with Crippen molar-refractivity contribution >= 4 is 11.5 Å². The first-order valence-corrected chi connectivity index (χ1v) is 9.53. The summed E-state index contributed by atoms with van der Waals surface area (Å²) in [5.74, 6) is 0.462. The fourth-order valence-corrected chi connectivity index (χ4v) is 5.04. The number of para-hydroxylation sites is 1. The molecule has 2 nitrogen and oxygen atoms in total. The number of aliphatic imine (C=N–C) groups is 1. The average Bonchev–Trinajstić information content (AvgIpc) is 2.73. The Kier molecular flexibility index (Phi) is 3.69. The molecule has 2 heterocycles. The van der Waals surface area contributed by atoms with Gasteiger partial charge in [-0.25, -0.2) is 4.99 Å². The summed E-state index contributed by atoms with van der Waals surface area (Å²) in [6, 6.07) is 24.6. The molecule has 0 radical (unpaired) electrons. The Morgan fingerprint density at radius 2 is 1.34 bits per heavy atom. The summed E-state index contributed by atoms with van der Waals surface area (Å²) in [7, 11) is 0. The molecule has 0 aromatic heterocycles. The van der Waals surface area contributed by atoms with Gasteiger partial charge in [-0.15, -0.1) is 0 Å². The molecule has 1 saturated heterocycles. The van der Waals surface area contributed by atoms with Crippen LogP contribution in [-0.4, -0.2) is 16.9 Å². The van der Waals surface area contributed by atoms with E-state index in [1.165, 1.54) is 4.90 Å². The van der Waals surface area contributed by atoms with Crippen LogP contribution in [0, 0.1) is 0 Å². The van der Waals surface area contributed by atoms with Crippen molar-refractivity contribution in [3.8, 4) is 0 Å². The van der Waals surface area contributed by atoms with Crippen molar-refractivity contribution in [3.05, 3.63) is 102 Å². The maximum atomic E-state index is 15.1. The number of rotatable bonds is 2. The van der Waals surface area contributed by atoms with Crippen LogP contribution >= 0.6 is 0 Å². The third-order valence-corrected chi connectivity index (χ3v) is 6.33. The molecular weight excluding hydrogens is 373 g/mol. The first kappa shape index (κ1) is 18.0. The standard InChI is InChI=1S/C24H19F3N2/c1-22(18-11-4-2-5-12-18)21-28-20-15-9-8-10-17(20)16-29(21)23(22,24(25,26)27)19-13-6-3-7-14-19/h2-15H,16H2,1H3/t22-,23-/m0/s1. The monoisotopic (exact) mass is 392 g/mol. The minimum Gasteiger partial charge on any atom is -0.336 e. The van der Waals surface area contributed by atoms with Crippen LogP contribution in [-0.2, 0) is 17.5 Å². The lowest BCUT2D eigenvalue weighted by Gasteiger charge is -2.67. The third kappa shape index (κ3) is 2.16. The van der Waals surface area contributed by atoms with Crippen molar-refractivity contribution in [2.24, 2.45) is 4.99 Å². The highest BCUT2D eigenvalue weighted by atomic mass is 19.4. The molecule has 1 fully saturated rings. The van der Waals surface area contributed by atoms with Crippen molar-refractivity contribution in [1.82, 2.24) is 4.90 Å². The molecule has 2 atom stereocenters. The van der Waals surface area contributed by atoms with Crippen LogP contribution in [0.25, 0.3) is 0 Å². The van der Waals surface area contributed by atoms with E-state index in [-0.39, 0.29) is 12.1 Å². The highest BCUT2D eigenvalue weighted by molar-refractivity contribution is 6.04. The highest BCUT2D eigenvalue weighted by Gasteiger charge is 2.79. The molecule has 3 aromatic carbocycles. The van der Waals surface area contributed by atoms with Crippen LogP contribution in [0.1, 0.15) is 23.6 Å². The molecular formula is C24H19F3N2. The summed E-state index contributed by atoms with van der Waals surface area (Å²) >= 11 is 0. The molecule has 0 spiro atoms. The Morgan fingerprint density at radius 1 is 0.793 bits per heavy atom. The molecule has 2 aliphatic rings. The first-order valence-electron chi connectivity index (χ1n) is 9.53. The van der Waals surface area contributed by atoms with Crippen molar-refractivity contribution < 1.29 is 13.2 Å². The zero-order valence-electron chi connectivity index (χ0n) is 15.8. The summed E-state index contributed by atoms with van der Waals surface area (Å²) in [4.78, 5) is 6.16. The van der Waals surface area contributed by atoms with Crippen molar-refractivity contribution in [1.29, 1.82) is 0 Å². The minimum absolute atomic E-state index is 0.172. The van der Waals surface area contributed by atoms with E-state index in [9.17, 15) is 0 Å². The van der Waals surface area contributed by atoms with Gasteiger partial charge in [0.15, 0.2) is 5.54 Å². The second-order valence-electron chi connectivity index (χ2n) is 7.72. The number of benzene rings is 3. The van der Waals surface area contributed by atoms with Gasteiger partial charge in [0, 0.05) is 6.54 Å². The van der Waals surface area contributed by atoms with Gasteiger partial charge in [-0.3, -0.25) is 0 Å². The summed E-state index contributed by atoms with van der Waals surface area (Å²) in [6.45, 7) is 1.85. The molecule has 0 amide bonds. The van der Waals surface area contributed by atoms with E-state index in [0.29, 0.717) is 11.4 Å². The van der Waals surface area contributed by atoms with E-state index < -0.39 is 17.1 Å². The number of alkyl halides is 3. The zero-order valence-corrected chi connectivity index (χ0v) is 15.8. The van der Waals surface area contributed by atoms with E-state index in [2.05, 4.69) is 0 Å². The lowest BCUT2D eigenvalue weighted by molar-refractivity contribution is -0.265. The van der Waals surface area contributed by atoms with Gasteiger partial charge in [0.25, 0.3) is 0 Å². The molecule has 0 saturated carbocycles. The second-order valence-corrected chi connectivity index (χ2v) is 7.72. The van der Waals surface area contributed by atoms with Gasteiger partial charge in [-0.2, -0.15) is 13.2 Å². The van der Waals surface area contributed by atoms with Crippen molar-refractivity contribution in [3.63, 3.8) is 0 Å². The Morgan fingerprint density at radius 3 is 1.97 bits per heavy atom. The number of amidine groups is 1. The summed E-state index contributed by atoms with van der Waals surface area (Å²) in [5, 5.41) is 0. The Hall–Kier alpha value is -3.08. The lowest BCUT2D eigenvalue weighted by Crippen LogP contribution is -2.82. The van der Waals surface area contributed by atoms with Gasteiger partial charge >= 0.3 is 6.18 Å². The van der Waals surface area contributed by atoms with Crippen LogP contribution < -0.4 is 0 Å². The van der Waals surface area contributed by atoms with Gasteiger partial charge in [0.2, 0.25) is 0 Å². The minimum atomic E-state index is -4.51. The molecule has 0 bridgehead atoms. The maximum Gasteiger partial charge on any atom is 0.417 e. The van der Waals surface area contributed by atoms with Gasteiger partial charge < -0.3 is 4.90 Å². The van der Waals surface area contributed by atoms with Crippen molar-refractivity contribution in [2.45, 2.75) is 30.6 Å². The van der Waals surface area contributed by atoms with E-state index >= 15 is 13.2 Å². The summed E-state index contributed by atoms with van der Waals surface area (Å²) < 4.78 is 45.2. The zero-order chi connectivity index (χ0) is 20.3. The molecule has 5 rings (SSSR count). The normalized spacial score (nSPS) is 25.5. The maximum absolute atomic E-state index is 15.1. The van der Waals surface area contributed by atoms with Gasteiger partial charge in [-0.1, -0.05) is 78.9 Å². The molecule has 2 aliphatic heterocycles. The van der Waals surface area contributed by atoms with Crippen LogP contribution in [0.15, 0.2) is 89.9 Å². The van der Waals surface area contributed by atoms with Crippen molar-refractivity contribution in [2.75, 3.05) is 0 Å². The van der Waals surface area contributed by atoms with E-state index in [4.69, 9.17) is 4.99 Å². The molecule has 5 heteroatoms. The second kappa shape index (κ2) is 5.96. The van der Waals surface area contributed by atoms with Gasteiger partial charge in [0.1, 0.15) is 5.84 Å². The number of fused-ring (bicyclic) bond motifs is 2. The molecule has 0 aliphatic carbocycles. The third-order valence-electron chi connectivity index (χ3n) is 6.33. The Balaban J connectivity index is 1.85. The first-order chi connectivity index (χ1) is 13.9. The summed E-state index contributed by atoms with van der Waals surface area (Å²) in [5.41, 5.74) is -1.16. The Labute approximate surface area is 167 Å². The Bertz CT molecular complexity index is 1090. The molecule has 146 valence electrons. The van der Waals surface area contributed by atoms with E-state index in [1.807, 2.05) is 30.3 Å². The van der Waals surface area contributed by atoms with Gasteiger partial charge in [-0.05, 0) is 29.7 Å². The molecule has 3 aromatic rings. The smallest absolute Gasteiger partial charge is 0.336 e. The van der Waals surface area contributed by atoms with Crippen LogP contribution in [0.4, 0.5) is 18.9 Å². The molecule has 0 unspecified atom stereocenters. The average molecular weight is 392 g/mol. The lowest BCUT2D eigenvalue weighted by atomic mass is 9.53. The van der Waals surface area contributed by atoms with E-state index in [1.54, 1.807) is 61.5 Å². The number of hydrogen-bond donors (Lipinski definition) is 0.